The number of rotatable bonds is 7. The Hall–Kier alpha value is -2.12. The van der Waals surface area contributed by atoms with E-state index >= 15 is 0 Å². The van der Waals surface area contributed by atoms with E-state index < -0.39 is 6.04 Å². The van der Waals surface area contributed by atoms with E-state index in [-0.39, 0.29) is 12.6 Å². The summed E-state index contributed by atoms with van der Waals surface area (Å²) in [7, 11) is 0. The summed E-state index contributed by atoms with van der Waals surface area (Å²) < 4.78 is 1.89. The molecule has 1 unspecified atom stereocenters. The molecule has 23 heavy (non-hydrogen) atoms. The van der Waals surface area contributed by atoms with Crippen molar-refractivity contribution in [3.8, 4) is 0 Å². The lowest BCUT2D eigenvalue weighted by Gasteiger charge is -2.17. The number of aliphatic hydroxyl groups is 1. The highest BCUT2D eigenvalue weighted by Gasteiger charge is 2.13. The second-order valence-electron chi connectivity index (χ2n) is 4.98. The summed E-state index contributed by atoms with van der Waals surface area (Å²) in [6.45, 7) is 2.84. The third-order valence-electron chi connectivity index (χ3n) is 3.41. The first-order valence-electron chi connectivity index (χ1n) is 7.41. The summed E-state index contributed by atoms with van der Waals surface area (Å²) in [5, 5.41) is 23.4. The molecule has 2 rings (SSSR count). The average Bonchev–Trinajstić information content (AvgIpc) is 3.01. The molecule has 0 saturated carbocycles. The first kappa shape index (κ1) is 17.2. The third-order valence-corrected chi connectivity index (χ3v) is 3.66. The van der Waals surface area contributed by atoms with Gasteiger partial charge in [-0.15, -0.1) is 10.2 Å². The van der Waals surface area contributed by atoms with Crippen LogP contribution in [0.2, 0.25) is 5.02 Å². The Balaban J connectivity index is 1.82. The van der Waals surface area contributed by atoms with E-state index in [1.807, 2.05) is 11.5 Å². The number of halogens is 1. The first-order valence-corrected chi connectivity index (χ1v) is 7.79. The second-order valence-corrected chi connectivity index (χ2v) is 5.42. The molecule has 1 atom stereocenters. The van der Waals surface area contributed by atoms with Crippen molar-refractivity contribution in [2.75, 3.05) is 13.2 Å². The Morgan fingerprint density at radius 3 is 2.78 bits per heavy atom. The van der Waals surface area contributed by atoms with Crippen molar-refractivity contribution in [1.29, 1.82) is 0 Å². The maximum atomic E-state index is 11.9. The van der Waals surface area contributed by atoms with Gasteiger partial charge in [0.15, 0.2) is 0 Å². The summed E-state index contributed by atoms with van der Waals surface area (Å²) in [6.07, 6.45) is 2.43. The molecule has 0 saturated heterocycles. The molecule has 0 spiro atoms. The van der Waals surface area contributed by atoms with Gasteiger partial charge in [-0.05, 0) is 17.7 Å². The van der Waals surface area contributed by atoms with Gasteiger partial charge in [-0.2, -0.15) is 0 Å². The van der Waals surface area contributed by atoms with Gasteiger partial charge in [-0.3, -0.25) is 0 Å². The smallest absolute Gasteiger partial charge is 0.315 e. The maximum absolute atomic E-state index is 11.9. The molecule has 3 N–H and O–H groups in total. The van der Waals surface area contributed by atoms with Gasteiger partial charge in [0.05, 0.1) is 12.6 Å². The number of hydrogen-bond acceptors (Lipinski definition) is 4. The van der Waals surface area contributed by atoms with Crippen LogP contribution in [-0.2, 0) is 13.0 Å². The van der Waals surface area contributed by atoms with Gasteiger partial charge >= 0.3 is 6.03 Å². The molecule has 0 aliphatic rings. The molecule has 0 radical (unpaired) electrons. The summed E-state index contributed by atoms with van der Waals surface area (Å²) in [4.78, 5) is 11.9. The SMILES string of the molecule is CCc1nncn1CCNC(=O)NC(CO)c1ccc(Cl)cc1. The van der Waals surface area contributed by atoms with Gasteiger partial charge in [-0.1, -0.05) is 30.7 Å². The highest BCUT2D eigenvalue weighted by molar-refractivity contribution is 6.30. The fourth-order valence-electron chi connectivity index (χ4n) is 2.17. The van der Waals surface area contributed by atoms with Crippen LogP contribution in [0.1, 0.15) is 24.4 Å². The minimum Gasteiger partial charge on any atom is -0.394 e. The zero-order valence-corrected chi connectivity index (χ0v) is 13.6. The molecule has 0 aliphatic carbocycles. The highest BCUT2D eigenvalue weighted by atomic mass is 35.5. The normalized spacial score (nSPS) is 12.0. The predicted molar refractivity (Wildman–Crippen MR) is 87.2 cm³/mol. The predicted octanol–water partition coefficient (Wildman–Crippen LogP) is 1.53. The molecule has 0 fully saturated rings. The Labute approximate surface area is 139 Å². The fourth-order valence-corrected chi connectivity index (χ4v) is 2.29. The number of aromatic nitrogens is 3. The molecule has 1 heterocycles. The number of hydrogen-bond donors (Lipinski definition) is 3. The lowest BCUT2D eigenvalue weighted by molar-refractivity contribution is 0.216. The molecular formula is C15H20ClN5O2. The van der Waals surface area contributed by atoms with Crippen LogP contribution in [0.3, 0.4) is 0 Å². The van der Waals surface area contributed by atoms with Crippen LogP contribution in [0.25, 0.3) is 0 Å². The maximum Gasteiger partial charge on any atom is 0.315 e. The molecule has 7 nitrogen and oxygen atoms in total. The van der Waals surface area contributed by atoms with Crippen molar-refractivity contribution in [3.05, 3.63) is 47.0 Å². The quantitative estimate of drug-likeness (QED) is 0.714. The Morgan fingerprint density at radius 1 is 1.39 bits per heavy atom. The molecule has 0 bridgehead atoms. The molecular weight excluding hydrogens is 318 g/mol. The number of benzene rings is 1. The number of carbonyl (C=O) groups is 1. The zero-order chi connectivity index (χ0) is 16.7. The zero-order valence-electron chi connectivity index (χ0n) is 12.9. The van der Waals surface area contributed by atoms with E-state index in [4.69, 9.17) is 11.6 Å². The van der Waals surface area contributed by atoms with E-state index in [1.54, 1.807) is 30.6 Å². The van der Waals surface area contributed by atoms with Crippen LogP contribution in [-0.4, -0.2) is 39.1 Å². The van der Waals surface area contributed by atoms with E-state index in [9.17, 15) is 9.90 Å². The number of urea groups is 1. The topological polar surface area (TPSA) is 92.1 Å². The average molecular weight is 338 g/mol. The van der Waals surface area contributed by atoms with Gasteiger partial charge in [0.2, 0.25) is 0 Å². The van der Waals surface area contributed by atoms with Crippen molar-refractivity contribution in [3.63, 3.8) is 0 Å². The van der Waals surface area contributed by atoms with Crippen molar-refractivity contribution >= 4 is 17.6 Å². The third kappa shape index (κ3) is 4.94. The fraction of sp³-hybridized carbons (Fsp3) is 0.400. The largest absolute Gasteiger partial charge is 0.394 e. The monoisotopic (exact) mass is 337 g/mol. The standard InChI is InChI=1S/C15H20ClN5O2/c1-2-14-20-18-10-21(14)8-7-17-15(23)19-13(9-22)11-3-5-12(16)6-4-11/h3-6,10,13,22H,2,7-9H2,1H3,(H2,17,19,23). The number of aliphatic hydroxyl groups excluding tert-OH is 1. The Morgan fingerprint density at radius 2 is 2.13 bits per heavy atom. The van der Waals surface area contributed by atoms with Crippen LogP contribution < -0.4 is 10.6 Å². The lowest BCUT2D eigenvalue weighted by Crippen LogP contribution is -2.40. The number of aryl methyl sites for hydroxylation is 1. The Kier molecular flexibility index (Phi) is 6.37. The van der Waals surface area contributed by atoms with Crippen LogP contribution in [0.5, 0.6) is 0 Å². The molecule has 8 heteroatoms. The molecule has 1 aromatic carbocycles. The summed E-state index contributed by atoms with van der Waals surface area (Å²) >= 11 is 5.83. The second kappa shape index (κ2) is 8.50. The number of amides is 2. The van der Waals surface area contributed by atoms with E-state index in [2.05, 4.69) is 20.8 Å². The molecule has 124 valence electrons. The van der Waals surface area contributed by atoms with Crippen molar-refractivity contribution in [2.45, 2.75) is 25.9 Å². The van der Waals surface area contributed by atoms with Crippen molar-refractivity contribution < 1.29 is 9.90 Å². The van der Waals surface area contributed by atoms with E-state index in [0.717, 1.165) is 17.8 Å². The van der Waals surface area contributed by atoms with E-state index in [1.165, 1.54) is 0 Å². The van der Waals surface area contributed by atoms with Gasteiger partial charge in [-0.25, -0.2) is 4.79 Å². The first-order chi connectivity index (χ1) is 11.1. The van der Waals surface area contributed by atoms with Gasteiger partial charge < -0.3 is 20.3 Å². The van der Waals surface area contributed by atoms with E-state index in [0.29, 0.717) is 18.1 Å². The Bertz CT molecular complexity index is 629. The van der Waals surface area contributed by atoms with Crippen molar-refractivity contribution in [2.24, 2.45) is 0 Å². The molecule has 2 amide bonds. The lowest BCUT2D eigenvalue weighted by atomic mass is 10.1. The van der Waals surface area contributed by atoms with Gasteiger partial charge in [0, 0.05) is 24.5 Å². The molecule has 0 aliphatic heterocycles. The van der Waals surface area contributed by atoms with Crippen molar-refractivity contribution in [1.82, 2.24) is 25.4 Å². The minimum absolute atomic E-state index is 0.194. The minimum atomic E-state index is -0.478. The highest BCUT2D eigenvalue weighted by Crippen LogP contribution is 2.16. The van der Waals surface area contributed by atoms with Crippen LogP contribution >= 0.6 is 11.6 Å². The van der Waals surface area contributed by atoms with Crippen LogP contribution in [0, 0.1) is 0 Å². The van der Waals surface area contributed by atoms with Gasteiger partial charge in [0.25, 0.3) is 0 Å². The number of nitrogens with zero attached hydrogens (tertiary/aromatic N) is 3. The summed E-state index contributed by atoms with van der Waals surface area (Å²) in [6, 6.07) is 6.16. The number of carbonyl (C=O) groups excluding carboxylic acids is 1. The van der Waals surface area contributed by atoms with Crippen LogP contribution in [0.4, 0.5) is 4.79 Å². The summed E-state index contributed by atoms with van der Waals surface area (Å²) in [5.74, 6) is 0.876. The van der Waals surface area contributed by atoms with Crippen LogP contribution in [0.15, 0.2) is 30.6 Å². The number of nitrogens with one attached hydrogen (secondary N) is 2. The summed E-state index contributed by atoms with van der Waals surface area (Å²) in [5.41, 5.74) is 0.791. The van der Waals surface area contributed by atoms with Gasteiger partial charge in [0.1, 0.15) is 12.2 Å². The molecule has 1 aromatic heterocycles. The molecule has 2 aromatic rings.